The zero-order valence-electron chi connectivity index (χ0n) is 13.1. The summed E-state index contributed by atoms with van der Waals surface area (Å²) in [4.78, 5) is 14.2. The van der Waals surface area contributed by atoms with Crippen molar-refractivity contribution in [2.75, 3.05) is 19.6 Å². The number of carbonyl (C=O) groups excluding carboxylic acids is 1. The van der Waals surface area contributed by atoms with Gasteiger partial charge >= 0.3 is 6.18 Å². The van der Waals surface area contributed by atoms with E-state index < -0.39 is 24.0 Å². The Morgan fingerprint density at radius 2 is 1.61 bits per heavy atom. The molecule has 0 saturated carbocycles. The van der Waals surface area contributed by atoms with Crippen molar-refractivity contribution in [3.05, 3.63) is 35.4 Å². The van der Waals surface area contributed by atoms with Gasteiger partial charge in [0.05, 0.1) is 6.42 Å². The van der Waals surface area contributed by atoms with Crippen LogP contribution in [0.4, 0.5) is 17.6 Å². The Balaban J connectivity index is 2.03. The number of nitrogens with zero attached hydrogens (tertiary/aromatic N) is 1. The molecule has 1 heterocycles. The van der Waals surface area contributed by atoms with Gasteiger partial charge in [-0.3, -0.25) is 9.69 Å². The highest BCUT2D eigenvalue weighted by Gasteiger charge is 2.36. The number of benzene rings is 1. The second-order valence-corrected chi connectivity index (χ2v) is 6.35. The van der Waals surface area contributed by atoms with Crippen LogP contribution < -0.4 is 0 Å². The number of ketones is 1. The summed E-state index contributed by atoms with van der Waals surface area (Å²) in [7, 11) is 0. The van der Waals surface area contributed by atoms with E-state index in [4.69, 9.17) is 0 Å². The van der Waals surface area contributed by atoms with Gasteiger partial charge in [-0.25, -0.2) is 4.39 Å². The number of hydrogen-bond acceptors (Lipinski definition) is 2. The van der Waals surface area contributed by atoms with Gasteiger partial charge in [-0.15, -0.1) is 0 Å². The van der Waals surface area contributed by atoms with Crippen LogP contribution >= 0.6 is 0 Å². The predicted octanol–water partition coefficient (Wildman–Crippen LogP) is 4.19. The molecule has 0 bridgehead atoms. The molecule has 1 aromatic carbocycles. The highest BCUT2D eigenvalue weighted by Crippen LogP contribution is 2.24. The van der Waals surface area contributed by atoms with Crippen LogP contribution in [0, 0.1) is 0 Å². The first-order chi connectivity index (χ1) is 10.7. The maximum absolute atomic E-state index is 14.8. The number of alkyl halides is 4. The zero-order valence-corrected chi connectivity index (χ0v) is 13.1. The Hall–Kier alpha value is -1.43. The van der Waals surface area contributed by atoms with Crippen LogP contribution in [0.1, 0.15) is 42.1 Å². The van der Waals surface area contributed by atoms with Gasteiger partial charge in [-0.2, -0.15) is 13.2 Å². The lowest BCUT2D eigenvalue weighted by Crippen LogP contribution is -2.45. The average molecular weight is 331 g/mol. The molecule has 1 aliphatic heterocycles. The highest BCUT2D eigenvalue weighted by atomic mass is 19.4. The summed E-state index contributed by atoms with van der Waals surface area (Å²) in [5.74, 6) is -0.679. The average Bonchev–Trinajstić information content (AvgIpc) is 2.46. The molecular weight excluding hydrogens is 310 g/mol. The fourth-order valence-electron chi connectivity index (χ4n) is 2.92. The summed E-state index contributed by atoms with van der Waals surface area (Å²) in [6.45, 7) is 2.82. The Labute approximate surface area is 133 Å². The van der Waals surface area contributed by atoms with E-state index in [2.05, 4.69) is 0 Å². The Morgan fingerprint density at radius 1 is 1.04 bits per heavy atom. The number of halogens is 4. The van der Waals surface area contributed by atoms with Crippen LogP contribution in [0.3, 0.4) is 0 Å². The largest absolute Gasteiger partial charge is 0.393 e. The normalized spacial score (nSPS) is 19.3. The number of Topliss-reactive ketones (excluding diaryl/α,β-unsaturated/α-hetero) is 1. The van der Waals surface area contributed by atoms with Crippen molar-refractivity contribution in [1.82, 2.24) is 4.90 Å². The Morgan fingerprint density at radius 3 is 2.13 bits per heavy atom. The molecule has 1 unspecified atom stereocenters. The monoisotopic (exact) mass is 331 g/mol. The Kier molecular flexibility index (Phi) is 5.45. The second-order valence-electron chi connectivity index (χ2n) is 6.35. The second kappa shape index (κ2) is 6.99. The van der Waals surface area contributed by atoms with Crippen LogP contribution in [-0.2, 0) is 6.42 Å². The fourth-order valence-corrected chi connectivity index (χ4v) is 2.92. The third-order valence-electron chi connectivity index (χ3n) is 4.06. The van der Waals surface area contributed by atoms with Gasteiger partial charge < -0.3 is 0 Å². The molecule has 0 N–H and O–H groups in total. The Bertz CT molecular complexity index is 531. The van der Waals surface area contributed by atoms with Crippen molar-refractivity contribution < 1.29 is 22.4 Å². The molecular formula is C17H21F4NO. The minimum atomic E-state index is -4.30. The van der Waals surface area contributed by atoms with Crippen molar-refractivity contribution in [3.8, 4) is 0 Å². The van der Waals surface area contributed by atoms with Crippen molar-refractivity contribution in [1.29, 1.82) is 0 Å². The van der Waals surface area contributed by atoms with Gasteiger partial charge in [0.25, 0.3) is 0 Å². The number of rotatable bonds is 5. The number of carbonyl (C=O) groups is 1. The molecule has 1 saturated heterocycles. The van der Waals surface area contributed by atoms with E-state index in [1.54, 1.807) is 0 Å². The van der Waals surface area contributed by atoms with Crippen LogP contribution in [-0.4, -0.2) is 42.2 Å². The van der Waals surface area contributed by atoms with Crippen molar-refractivity contribution in [3.63, 3.8) is 0 Å². The third-order valence-corrected chi connectivity index (χ3v) is 4.06. The lowest BCUT2D eigenvalue weighted by molar-refractivity contribution is -0.127. The summed E-state index contributed by atoms with van der Waals surface area (Å²) in [6, 6.07) is 5.02. The number of piperidine rings is 1. The molecule has 2 nitrogen and oxygen atoms in total. The van der Waals surface area contributed by atoms with Gasteiger partial charge in [0, 0.05) is 12.1 Å². The summed E-state index contributed by atoms with van der Waals surface area (Å²) < 4.78 is 51.7. The molecule has 1 aliphatic rings. The van der Waals surface area contributed by atoms with Crippen molar-refractivity contribution in [2.24, 2.45) is 0 Å². The van der Waals surface area contributed by atoms with E-state index >= 15 is 0 Å². The van der Waals surface area contributed by atoms with Gasteiger partial charge in [-0.1, -0.05) is 30.7 Å². The summed E-state index contributed by atoms with van der Waals surface area (Å²) in [5, 5.41) is 0. The topological polar surface area (TPSA) is 20.3 Å². The number of likely N-dealkylation sites (tertiary alicyclic amines) is 1. The number of hydrogen-bond donors (Lipinski definition) is 0. The standard InChI is InChI=1S/C17H21F4NO/c1-16(18,12-22-9-3-2-4-10-22)15(23)14-7-5-13(6-8-14)11-17(19,20)21/h5-8H,2-4,9-12H2,1H3. The third kappa shape index (κ3) is 5.30. The minimum absolute atomic E-state index is 0.0239. The van der Waals surface area contributed by atoms with Gasteiger partial charge in [0.2, 0.25) is 5.78 Å². The van der Waals surface area contributed by atoms with Gasteiger partial charge in [0.1, 0.15) is 0 Å². The minimum Gasteiger partial charge on any atom is -0.300 e. The maximum Gasteiger partial charge on any atom is 0.393 e. The summed E-state index contributed by atoms with van der Waals surface area (Å²) in [6.07, 6.45) is -2.24. The molecule has 0 aliphatic carbocycles. The SMILES string of the molecule is CC(F)(CN1CCCCC1)C(=O)c1ccc(CC(F)(F)F)cc1. The summed E-state index contributed by atoms with van der Waals surface area (Å²) in [5.41, 5.74) is -1.87. The molecule has 1 fully saturated rings. The van der Waals surface area contributed by atoms with E-state index in [0.29, 0.717) is 0 Å². The van der Waals surface area contributed by atoms with Crippen molar-refractivity contribution >= 4 is 5.78 Å². The first-order valence-corrected chi connectivity index (χ1v) is 7.79. The van der Waals surface area contributed by atoms with E-state index in [9.17, 15) is 22.4 Å². The highest BCUT2D eigenvalue weighted by molar-refractivity contribution is 6.02. The van der Waals surface area contributed by atoms with Gasteiger partial charge in [-0.05, 0) is 38.4 Å². The summed E-state index contributed by atoms with van der Waals surface area (Å²) >= 11 is 0. The van der Waals surface area contributed by atoms with Crippen LogP contribution in [0.15, 0.2) is 24.3 Å². The molecule has 1 aromatic rings. The van der Waals surface area contributed by atoms with Crippen LogP contribution in [0.5, 0.6) is 0 Å². The lowest BCUT2D eigenvalue weighted by Gasteiger charge is -2.31. The molecule has 0 radical (unpaired) electrons. The molecule has 23 heavy (non-hydrogen) atoms. The maximum atomic E-state index is 14.8. The van der Waals surface area contributed by atoms with Crippen LogP contribution in [0.25, 0.3) is 0 Å². The fraction of sp³-hybridized carbons (Fsp3) is 0.588. The smallest absolute Gasteiger partial charge is 0.300 e. The molecule has 128 valence electrons. The zero-order chi connectivity index (χ0) is 17.1. The first-order valence-electron chi connectivity index (χ1n) is 7.79. The van der Waals surface area contributed by atoms with Crippen LogP contribution in [0.2, 0.25) is 0 Å². The van der Waals surface area contributed by atoms with E-state index in [0.717, 1.165) is 32.4 Å². The van der Waals surface area contributed by atoms with Gasteiger partial charge in [0.15, 0.2) is 5.67 Å². The molecule has 0 aromatic heterocycles. The van der Waals surface area contributed by atoms with E-state index in [1.165, 1.54) is 31.2 Å². The quantitative estimate of drug-likeness (QED) is 0.596. The van der Waals surface area contributed by atoms with E-state index in [1.807, 2.05) is 4.90 Å². The molecule has 6 heteroatoms. The first kappa shape index (κ1) is 17.9. The van der Waals surface area contributed by atoms with Crippen molar-refractivity contribution in [2.45, 2.75) is 44.5 Å². The molecule has 2 rings (SSSR count). The molecule has 1 atom stereocenters. The molecule has 0 amide bonds. The molecule has 0 spiro atoms. The van der Waals surface area contributed by atoms with E-state index in [-0.39, 0.29) is 17.7 Å². The predicted molar refractivity (Wildman–Crippen MR) is 80.3 cm³/mol. The lowest BCUT2D eigenvalue weighted by atomic mass is 9.94.